The quantitative estimate of drug-likeness (QED) is 0.863. The maximum absolute atomic E-state index is 10.9. The van der Waals surface area contributed by atoms with Gasteiger partial charge in [-0.1, -0.05) is 18.2 Å². The number of pyridine rings is 1. The summed E-state index contributed by atoms with van der Waals surface area (Å²) in [6.07, 6.45) is 1.76. The van der Waals surface area contributed by atoms with Crippen LogP contribution in [0, 0.1) is 0 Å². The molecule has 0 saturated carbocycles. The lowest BCUT2D eigenvalue weighted by molar-refractivity contribution is 0.0696. The maximum atomic E-state index is 10.9. The number of hydrogen-bond acceptors (Lipinski definition) is 3. The standard InChI is InChI=1S/C15H16N2O2/c1-11(14-7-2-3-8-16-14)17-10-12-5-4-6-13(9-12)15(18)19/h2-9,11,17H,10H2,1H3,(H,18,19). The van der Waals surface area contributed by atoms with Gasteiger partial charge in [-0.25, -0.2) is 4.79 Å². The highest BCUT2D eigenvalue weighted by atomic mass is 16.4. The van der Waals surface area contributed by atoms with Crippen molar-refractivity contribution < 1.29 is 9.90 Å². The van der Waals surface area contributed by atoms with Crippen molar-refractivity contribution in [1.82, 2.24) is 10.3 Å². The second-order valence-electron chi connectivity index (χ2n) is 4.36. The Morgan fingerprint density at radius 2 is 2.16 bits per heavy atom. The third kappa shape index (κ3) is 3.63. The summed E-state index contributed by atoms with van der Waals surface area (Å²) < 4.78 is 0. The number of carboxylic acids is 1. The number of nitrogens with zero attached hydrogens (tertiary/aromatic N) is 1. The molecule has 4 heteroatoms. The zero-order valence-corrected chi connectivity index (χ0v) is 10.7. The number of benzene rings is 1. The van der Waals surface area contributed by atoms with Gasteiger partial charge in [0, 0.05) is 18.8 Å². The van der Waals surface area contributed by atoms with Gasteiger partial charge in [-0.3, -0.25) is 4.98 Å². The fraction of sp³-hybridized carbons (Fsp3) is 0.200. The summed E-state index contributed by atoms with van der Waals surface area (Å²) in [4.78, 5) is 15.2. The Hall–Kier alpha value is -2.20. The average molecular weight is 256 g/mol. The largest absolute Gasteiger partial charge is 0.478 e. The summed E-state index contributed by atoms with van der Waals surface area (Å²) in [6, 6.07) is 12.9. The van der Waals surface area contributed by atoms with Crippen LogP contribution in [0.25, 0.3) is 0 Å². The first-order valence-electron chi connectivity index (χ1n) is 6.13. The lowest BCUT2D eigenvalue weighted by atomic mass is 10.1. The first-order chi connectivity index (χ1) is 9.16. The van der Waals surface area contributed by atoms with Gasteiger partial charge in [0.15, 0.2) is 0 Å². The van der Waals surface area contributed by atoms with E-state index < -0.39 is 5.97 Å². The number of aromatic carboxylic acids is 1. The fourth-order valence-electron chi connectivity index (χ4n) is 1.82. The predicted molar refractivity (Wildman–Crippen MR) is 72.9 cm³/mol. The van der Waals surface area contributed by atoms with E-state index in [0.717, 1.165) is 11.3 Å². The Kier molecular flexibility index (Phi) is 4.26. The summed E-state index contributed by atoms with van der Waals surface area (Å²) in [5, 5.41) is 12.3. The minimum absolute atomic E-state index is 0.120. The van der Waals surface area contributed by atoms with Crippen LogP contribution in [0.5, 0.6) is 0 Å². The number of carbonyl (C=O) groups is 1. The highest BCUT2D eigenvalue weighted by Gasteiger charge is 2.07. The van der Waals surface area contributed by atoms with E-state index >= 15 is 0 Å². The van der Waals surface area contributed by atoms with Crippen LogP contribution in [-0.4, -0.2) is 16.1 Å². The van der Waals surface area contributed by atoms with E-state index in [4.69, 9.17) is 5.11 Å². The van der Waals surface area contributed by atoms with Crippen molar-refractivity contribution in [2.24, 2.45) is 0 Å². The molecule has 0 saturated heterocycles. The first-order valence-corrected chi connectivity index (χ1v) is 6.13. The van der Waals surface area contributed by atoms with Crippen LogP contribution in [0.4, 0.5) is 0 Å². The third-order valence-corrected chi connectivity index (χ3v) is 2.92. The molecule has 2 N–H and O–H groups in total. The van der Waals surface area contributed by atoms with E-state index in [1.807, 2.05) is 31.2 Å². The summed E-state index contributed by atoms with van der Waals surface area (Å²) in [6.45, 7) is 2.64. The summed E-state index contributed by atoms with van der Waals surface area (Å²) in [5.41, 5.74) is 2.23. The van der Waals surface area contributed by atoms with Crippen molar-refractivity contribution in [1.29, 1.82) is 0 Å². The molecule has 98 valence electrons. The molecule has 2 rings (SSSR count). The molecule has 0 aliphatic rings. The number of rotatable bonds is 5. The lowest BCUT2D eigenvalue weighted by Crippen LogP contribution is -2.19. The molecule has 4 nitrogen and oxygen atoms in total. The van der Waals surface area contributed by atoms with Crippen LogP contribution in [0.3, 0.4) is 0 Å². The van der Waals surface area contributed by atoms with Crippen molar-refractivity contribution in [2.45, 2.75) is 19.5 Å². The van der Waals surface area contributed by atoms with Gasteiger partial charge in [-0.2, -0.15) is 0 Å². The van der Waals surface area contributed by atoms with Crippen molar-refractivity contribution in [3.05, 3.63) is 65.5 Å². The second-order valence-corrected chi connectivity index (χ2v) is 4.36. The van der Waals surface area contributed by atoms with Gasteiger partial charge in [0.2, 0.25) is 0 Å². The molecule has 1 atom stereocenters. The zero-order valence-electron chi connectivity index (χ0n) is 10.7. The molecule has 2 aromatic rings. The molecule has 0 bridgehead atoms. The summed E-state index contributed by atoms with van der Waals surface area (Å²) in [5.74, 6) is -0.903. The van der Waals surface area contributed by atoms with Crippen LogP contribution in [0.1, 0.15) is 34.6 Å². The zero-order chi connectivity index (χ0) is 13.7. The predicted octanol–water partition coefficient (Wildman–Crippen LogP) is 2.63. The minimum Gasteiger partial charge on any atom is -0.478 e. The minimum atomic E-state index is -0.903. The fourth-order valence-corrected chi connectivity index (χ4v) is 1.82. The number of hydrogen-bond donors (Lipinski definition) is 2. The van der Waals surface area contributed by atoms with Crippen LogP contribution in [-0.2, 0) is 6.54 Å². The monoisotopic (exact) mass is 256 g/mol. The lowest BCUT2D eigenvalue weighted by Gasteiger charge is -2.13. The van der Waals surface area contributed by atoms with Gasteiger partial charge >= 0.3 is 5.97 Å². The van der Waals surface area contributed by atoms with Crippen molar-refractivity contribution in [2.75, 3.05) is 0 Å². The maximum Gasteiger partial charge on any atom is 0.335 e. The molecule has 1 aromatic carbocycles. The molecule has 0 aliphatic heterocycles. The Morgan fingerprint density at radius 3 is 2.84 bits per heavy atom. The molecule has 0 aliphatic carbocycles. The van der Waals surface area contributed by atoms with Crippen molar-refractivity contribution in [3.63, 3.8) is 0 Å². The number of aromatic nitrogens is 1. The normalized spacial score (nSPS) is 12.1. The molecule has 0 radical (unpaired) electrons. The second kappa shape index (κ2) is 6.11. The third-order valence-electron chi connectivity index (χ3n) is 2.92. The van der Waals surface area contributed by atoms with Crippen molar-refractivity contribution >= 4 is 5.97 Å². The van der Waals surface area contributed by atoms with Crippen LogP contribution in [0.2, 0.25) is 0 Å². The topological polar surface area (TPSA) is 62.2 Å². The average Bonchev–Trinajstić information content (AvgIpc) is 2.46. The SMILES string of the molecule is CC(NCc1cccc(C(=O)O)c1)c1ccccn1. The smallest absolute Gasteiger partial charge is 0.335 e. The van der Waals surface area contributed by atoms with E-state index in [0.29, 0.717) is 12.1 Å². The van der Waals surface area contributed by atoms with E-state index in [9.17, 15) is 4.79 Å². The van der Waals surface area contributed by atoms with Gasteiger partial charge < -0.3 is 10.4 Å². The van der Waals surface area contributed by atoms with Crippen LogP contribution < -0.4 is 5.32 Å². The Balaban J connectivity index is 1.99. The van der Waals surface area contributed by atoms with Gasteiger partial charge in [-0.05, 0) is 36.8 Å². The van der Waals surface area contributed by atoms with E-state index in [-0.39, 0.29) is 6.04 Å². The van der Waals surface area contributed by atoms with Crippen LogP contribution >= 0.6 is 0 Å². The molecule has 1 unspecified atom stereocenters. The van der Waals surface area contributed by atoms with Crippen LogP contribution in [0.15, 0.2) is 48.7 Å². The summed E-state index contributed by atoms with van der Waals surface area (Å²) >= 11 is 0. The Bertz CT molecular complexity index is 555. The molecular weight excluding hydrogens is 240 g/mol. The molecule has 0 spiro atoms. The van der Waals surface area contributed by atoms with Crippen molar-refractivity contribution in [3.8, 4) is 0 Å². The van der Waals surface area contributed by atoms with E-state index in [1.54, 1.807) is 24.4 Å². The van der Waals surface area contributed by atoms with Gasteiger partial charge in [-0.15, -0.1) is 0 Å². The summed E-state index contributed by atoms with van der Waals surface area (Å²) in [7, 11) is 0. The highest BCUT2D eigenvalue weighted by molar-refractivity contribution is 5.87. The Morgan fingerprint density at radius 1 is 1.32 bits per heavy atom. The van der Waals surface area contributed by atoms with E-state index in [2.05, 4.69) is 10.3 Å². The van der Waals surface area contributed by atoms with E-state index in [1.165, 1.54) is 0 Å². The Labute approximate surface area is 112 Å². The first kappa shape index (κ1) is 13.2. The molecule has 1 aromatic heterocycles. The van der Waals surface area contributed by atoms with Gasteiger partial charge in [0.1, 0.15) is 0 Å². The van der Waals surface area contributed by atoms with Gasteiger partial charge in [0.05, 0.1) is 11.3 Å². The molecule has 0 amide bonds. The number of nitrogens with one attached hydrogen (secondary N) is 1. The molecule has 1 heterocycles. The molecule has 0 fully saturated rings. The molecule has 19 heavy (non-hydrogen) atoms. The molecular formula is C15H16N2O2. The highest BCUT2D eigenvalue weighted by Crippen LogP contribution is 2.10. The number of carboxylic acid groups (broad SMARTS) is 1. The van der Waals surface area contributed by atoms with Gasteiger partial charge in [0.25, 0.3) is 0 Å².